The monoisotopic (exact) mass is 448 g/mol. The lowest BCUT2D eigenvalue weighted by atomic mass is 9.97. The first-order valence-electron chi connectivity index (χ1n) is 11.0. The predicted molar refractivity (Wildman–Crippen MR) is 118 cm³/mol. The SMILES string of the molecule is CN1CC(C#Cc2ccc3nc4n(c3c2)[C@@H]2CC4N(C)C(=O)c3cccc(OC(F)F)c32)C1. The fourth-order valence-electron chi connectivity index (χ4n) is 5.33. The van der Waals surface area contributed by atoms with Gasteiger partial charge in [-0.2, -0.15) is 8.78 Å². The van der Waals surface area contributed by atoms with Crippen LogP contribution in [0.4, 0.5) is 8.78 Å². The number of hydrogen-bond donors (Lipinski definition) is 0. The van der Waals surface area contributed by atoms with Crippen LogP contribution in [-0.4, -0.2) is 59.1 Å². The van der Waals surface area contributed by atoms with Crippen LogP contribution in [0.3, 0.4) is 0 Å². The number of aromatic nitrogens is 2. The first-order chi connectivity index (χ1) is 15.9. The number of imidazole rings is 1. The summed E-state index contributed by atoms with van der Waals surface area (Å²) in [5, 5.41) is 0. The molecule has 2 bridgehead atoms. The van der Waals surface area contributed by atoms with Crippen LogP contribution in [-0.2, 0) is 0 Å². The van der Waals surface area contributed by atoms with Gasteiger partial charge in [0.05, 0.1) is 23.1 Å². The molecule has 8 heteroatoms. The summed E-state index contributed by atoms with van der Waals surface area (Å²) >= 11 is 0. The molecule has 33 heavy (non-hydrogen) atoms. The molecular formula is C25H22F2N4O2. The van der Waals surface area contributed by atoms with Crippen molar-refractivity contribution in [2.75, 3.05) is 27.2 Å². The van der Waals surface area contributed by atoms with E-state index in [1.165, 1.54) is 6.07 Å². The summed E-state index contributed by atoms with van der Waals surface area (Å²) < 4.78 is 33.3. The smallest absolute Gasteiger partial charge is 0.387 e. The third-order valence-corrected chi connectivity index (χ3v) is 6.89. The molecule has 3 aliphatic heterocycles. The first-order valence-corrected chi connectivity index (χ1v) is 11.0. The number of carbonyl (C=O) groups is 1. The number of nitrogens with zero attached hydrogens (tertiary/aromatic N) is 4. The second-order valence-corrected chi connectivity index (χ2v) is 9.01. The summed E-state index contributed by atoms with van der Waals surface area (Å²) in [5.74, 6) is 7.57. The highest BCUT2D eigenvalue weighted by Gasteiger charge is 2.45. The summed E-state index contributed by atoms with van der Waals surface area (Å²) in [6, 6.07) is 10.1. The van der Waals surface area contributed by atoms with Crippen molar-refractivity contribution in [3.8, 4) is 17.6 Å². The second-order valence-electron chi connectivity index (χ2n) is 9.01. The molecule has 2 aromatic carbocycles. The van der Waals surface area contributed by atoms with Gasteiger partial charge in [-0.1, -0.05) is 17.9 Å². The van der Waals surface area contributed by atoms with Gasteiger partial charge in [0.1, 0.15) is 11.6 Å². The maximum absolute atomic E-state index is 13.2. The number of amides is 1. The van der Waals surface area contributed by atoms with Crippen LogP contribution < -0.4 is 4.74 Å². The number of hydrogen-bond acceptors (Lipinski definition) is 4. The number of rotatable bonds is 2. The molecule has 0 aliphatic carbocycles. The fraction of sp³-hybridized carbons (Fsp3) is 0.360. The molecule has 1 aromatic heterocycles. The third kappa shape index (κ3) is 3.10. The van der Waals surface area contributed by atoms with Gasteiger partial charge < -0.3 is 19.1 Å². The highest BCUT2D eigenvalue weighted by Crippen LogP contribution is 2.49. The number of benzene rings is 2. The Labute approximate surface area is 189 Å². The van der Waals surface area contributed by atoms with Crippen molar-refractivity contribution >= 4 is 16.9 Å². The van der Waals surface area contributed by atoms with Gasteiger partial charge in [-0.3, -0.25) is 4.79 Å². The zero-order valence-corrected chi connectivity index (χ0v) is 18.3. The standard InChI is InChI=1S/C25H22F2N4O2/c1-29-12-15(13-29)7-6-14-8-9-17-18(10-14)31-19-11-20(23(31)28-17)30(2)24(32)16-4-3-5-21(22(16)19)33-25(26)27/h3-5,8-10,15,19-20,25H,11-13H2,1-2H3/t19-,20?/m1/s1. The van der Waals surface area contributed by atoms with Crippen molar-refractivity contribution in [3.05, 3.63) is 58.9 Å². The zero-order valence-electron chi connectivity index (χ0n) is 18.3. The molecule has 6 rings (SSSR count). The molecule has 1 fully saturated rings. The van der Waals surface area contributed by atoms with Crippen LogP contribution in [0, 0.1) is 17.8 Å². The maximum atomic E-state index is 13.2. The lowest BCUT2D eigenvalue weighted by molar-refractivity contribution is -0.0507. The lowest BCUT2D eigenvalue weighted by Crippen LogP contribution is -2.42. The van der Waals surface area contributed by atoms with E-state index < -0.39 is 6.61 Å². The molecule has 168 valence electrons. The average Bonchev–Trinajstić information content (AvgIpc) is 3.28. The van der Waals surface area contributed by atoms with E-state index in [0.717, 1.165) is 35.5 Å². The van der Waals surface area contributed by atoms with Crippen molar-refractivity contribution < 1.29 is 18.3 Å². The van der Waals surface area contributed by atoms with Crippen molar-refractivity contribution in [1.29, 1.82) is 0 Å². The Hall–Kier alpha value is -3.44. The Bertz CT molecular complexity index is 1350. The van der Waals surface area contributed by atoms with E-state index in [1.54, 1.807) is 24.1 Å². The maximum Gasteiger partial charge on any atom is 0.387 e. The number of carbonyl (C=O) groups excluding carboxylic acids is 1. The molecule has 0 saturated carbocycles. The third-order valence-electron chi connectivity index (χ3n) is 6.89. The Morgan fingerprint density at radius 1 is 1.15 bits per heavy atom. The van der Waals surface area contributed by atoms with E-state index in [0.29, 0.717) is 23.5 Å². The van der Waals surface area contributed by atoms with Crippen LogP contribution in [0.25, 0.3) is 11.0 Å². The van der Waals surface area contributed by atoms with Gasteiger partial charge in [0, 0.05) is 49.2 Å². The van der Waals surface area contributed by atoms with E-state index >= 15 is 0 Å². The molecule has 0 spiro atoms. The molecule has 1 saturated heterocycles. The zero-order chi connectivity index (χ0) is 22.9. The predicted octanol–water partition coefficient (Wildman–Crippen LogP) is 3.67. The van der Waals surface area contributed by atoms with E-state index in [4.69, 9.17) is 9.72 Å². The van der Waals surface area contributed by atoms with E-state index in [-0.39, 0.29) is 23.7 Å². The van der Waals surface area contributed by atoms with Gasteiger partial charge in [-0.25, -0.2) is 4.98 Å². The summed E-state index contributed by atoms with van der Waals surface area (Å²) in [7, 11) is 3.81. The van der Waals surface area contributed by atoms with Gasteiger partial charge >= 0.3 is 6.61 Å². The molecule has 0 N–H and O–H groups in total. The number of alkyl halides is 2. The normalized spacial score (nSPS) is 22.0. The fourth-order valence-corrected chi connectivity index (χ4v) is 5.33. The van der Waals surface area contributed by atoms with Crippen LogP contribution in [0.15, 0.2) is 36.4 Å². The van der Waals surface area contributed by atoms with Crippen molar-refractivity contribution in [3.63, 3.8) is 0 Å². The van der Waals surface area contributed by atoms with Crippen LogP contribution in [0.1, 0.15) is 45.8 Å². The topological polar surface area (TPSA) is 50.6 Å². The van der Waals surface area contributed by atoms with Gasteiger partial charge in [0.15, 0.2) is 0 Å². The molecular weight excluding hydrogens is 426 g/mol. The quantitative estimate of drug-likeness (QED) is 0.562. The first kappa shape index (κ1) is 20.2. The minimum atomic E-state index is -2.98. The number of likely N-dealkylation sites (tertiary alicyclic amines) is 1. The molecule has 3 aliphatic rings. The highest BCUT2D eigenvalue weighted by molar-refractivity contribution is 5.97. The Balaban J connectivity index is 1.51. The highest BCUT2D eigenvalue weighted by atomic mass is 19.3. The van der Waals surface area contributed by atoms with Gasteiger partial charge in [0.2, 0.25) is 0 Å². The van der Waals surface area contributed by atoms with Gasteiger partial charge in [-0.15, -0.1) is 0 Å². The average molecular weight is 448 g/mol. The number of halogens is 2. The molecule has 1 amide bonds. The minimum absolute atomic E-state index is 0.0367. The van der Waals surface area contributed by atoms with Gasteiger partial charge in [0.25, 0.3) is 5.91 Å². The Kier molecular flexibility index (Phi) is 4.46. The summed E-state index contributed by atoms with van der Waals surface area (Å²) in [5.41, 5.74) is 3.45. The second kappa shape index (κ2) is 7.29. The van der Waals surface area contributed by atoms with Crippen molar-refractivity contribution in [1.82, 2.24) is 19.4 Å². The molecule has 0 radical (unpaired) electrons. The van der Waals surface area contributed by atoms with Crippen molar-refractivity contribution in [2.24, 2.45) is 5.92 Å². The number of fused-ring (bicyclic) bond motifs is 9. The molecule has 2 atom stereocenters. The molecule has 4 heterocycles. The van der Waals surface area contributed by atoms with Crippen LogP contribution in [0.2, 0.25) is 0 Å². The van der Waals surface area contributed by atoms with Crippen LogP contribution in [0.5, 0.6) is 5.75 Å². The van der Waals surface area contributed by atoms with Crippen molar-refractivity contribution in [2.45, 2.75) is 25.1 Å². The lowest BCUT2D eigenvalue weighted by Gasteiger charge is -2.32. The van der Waals surface area contributed by atoms with E-state index in [2.05, 4.69) is 28.4 Å². The molecule has 3 aromatic rings. The Morgan fingerprint density at radius 3 is 2.73 bits per heavy atom. The van der Waals surface area contributed by atoms with E-state index in [9.17, 15) is 13.6 Å². The summed E-state index contributed by atoms with van der Waals surface area (Å²) in [6.45, 7) is -1.02. The van der Waals surface area contributed by atoms with E-state index in [1.807, 2.05) is 18.2 Å². The molecule has 1 unspecified atom stereocenters. The summed E-state index contributed by atoms with van der Waals surface area (Å²) in [6.07, 6.45) is 0.557. The Morgan fingerprint density at radius 2 is 1.97 bits per heavy atom. The van der Waals surface area contributed by atoms with Gasteiger partial charge in [-0.05, 0) is 37.4 Å². The number of ether oxygens (including phenoxy) is 1. The molecule has 6 nitrogen and oxygen atoms in total. The minimum Gasteiger partial charge on any atom is -0.434 e. The largest absolute Gasteiger partial charge is 0.434 e. The van der Waals surface area contributed by atoms with Crippen LogP contribution >= 0.6 is 0 Å². The summed E-state index contributed by atoms with van der Waals surface area (Å²) in [4.78, 5) is 21.9.